The van der Waals surface area contributed by atoms with E-state index >= 15 is 0 Å². The van der Waals surface area contributed by atoms with Gasteiger partial charge in [-0.25, -0.2) is 9.48 Å². The van der Waals surface area contributed by atoms with Crippen LogP contribution in [0, 0.1) is 0 Å². The molecule has 0 saturated carbocycles. The summed E-state index contributed by atoms with van der Waals surface area (Å²) in [5, 5.41) is 7.89. The zero-order valence-corrected chi connectivity index (χ0v) is 12.2. The number of aromatic nitrogens is 4. The second-order valence-corrected chi connectivity index (χ2v) is 5.42. The third-order valence-electron chi connectivity index (χ3n) is 2.72. The summed E-state index contributed by atoms with van der Waals surface area (Å²) < 4.78 is 10.9. The van der Waals surface area contributed by atoms with E-state index in [1.165, 1.54) is 0 Å². The summed E-state index contributed by atoms with van der Waals surface area (Å²) in [5.41, 5.74) is 1.77. The summed E-state index contributed by atoms with van der Waals surface area (Å²) in [6.45, 7) is 0.00900. The molecule has 0 spiro atoms. The van der Waals surface area contributed by atoms with Crippen LogP contribution in [0.15, 0.2) is 42.7 Å². The lowest BCUT2D eigenvalue weighted by Gasteiger charge is -2.05. The van der Waals surface area contributed by atoms with Crippen LogP contribution in [-0.4, -0.2) is 25.3 Å². The van der Waals surface area contributed by atoms with Crippen LogP contribution in [0.3, 0.4) is 0 Å². The van der Waals surface area contributed by atoms with Gasteiger partial charge in [-0.2, -0.15) is 5.10 Å². The van der Waals surface area contributed by atoms with Gasteiger partial charge in [-0.15, -0.1) is 5.10 Å². The van der Waals surface area contributed by atoms with Crippen molar-refractivity contribution in [3.8, 4) is 5.69 Å². The molecular weight excluding hydrogens is 312 g/mol. The van der Waals surface area contributed by atoms with E-state index in [1.807, 2.05) is 12.3 Å². The highest BCUT2D eigenvalue weighted by molar-refractivity contribution is 7.10. The van der Waals surface area contributed by atoms with E-state index in [2.05, 4.69) is 14.7 Å². The van der Waals surface area contributed by atoms with Crippen LogP contribution >= 0.6 is 23.1 Å². The van der Waals surface area contributed by atoms with Gasteiger partial charge in [0.15, 0.2) is 0 Å². The largest absolute Gasteiger partial charge is 0.455 e. The van der Waals surface area contributed by atoms with Crippen molar-refractivity contribution in [1.82, 2.24) is 19.4 Å². The molecule has 0 N–H and O–H groups in total. The molecule has 2 aromatic heterocycles. The first-order valence-electron chi connectivity index (χ1n) is 5.98. The minimum absolute atomic E-state index is 0.00900. The van der Waals surface area contributed by atoms with Gasteiger partial charge in [0.05, 0.1) is 11.3 Å². The standard InChI is InChI=1S/C13H9ClN4O2S/c14-12-11(16-17-21-12)8-20-13(19)9-2-4-10(5-3-9)18-7-1-6-15-18/h1-7H,8H2. The van der Waals surface area contributed by atoms with Crippen LogP contribution in [0.25, 0.3) is 5.69 Å². The first-order chi connectivity index (χ1) is 10.2. The Morgan fingerprint density at radius 3 is 2.76 bits per heavy atom. The summed E-state index contributed by atoms with van der Waals surface area (Å²) in [7, 11) is 0. The van der Waals surface area contributed by atoms with Gasteiger partial charge in [0.1, 0.15) is 16.6 Å². The quantitative estimate of drug-likeness (QED) is 0.691. The Hall–Kier alpha value is -2.25. The fourth-order valence-electron chi connectivity index (χ4n) is 1.67. The van der Waals surface area contributed by atoms with E-state index in [9.17, 15) is 4.79 Å². The number of hydrogen-bond donors (Lipinski definition) is 0. The first kappa shape index (κ1) is 13.7. The first-order valence-corrected chi connectivity index (χ1v) is 7.13. The van der Waals surface area contributed by atoms with Crippen molar-refractivity contribution in [2.45, 2.75) is 6.61 Å². The molecule has 0 unspecified atom stereocenters. The smallest absolute Gasteiger partial charge is 0.338 e. The summed E-state index contributed by atoms with van der Waals surface area (Å²) in [5.74, 6) is -0.439. The summed E-state index contributed by atoms with van der Waals surface area (Å²) in [4.78, 5) is 11.9. The number of halogens is 1. The topological polar surface area (TPSA) is 69.9 Å². The Kier molecular flexibility index (Phi) is 3.94. The van der Waals surface area contributed by atoms with Crippen molar-refractivity contribution in [1.29, 1.82) is 0 Å². The van der Waals surface area contributed by atoms with Crippen molar-refractivity contribution in [3.05, 3.63) is 58.3 Å². The zero-order valence-electron chi connectivity index (χ0n) is 10.6. The fourth-order valence-corrected chi connectivity index (χ4v) is 2.27. The highest BCUT2D eigenvalue weighted by Gasteiger charge is 2.11. The second-order valence-electron chi connectivity index (χ2n) is 4.07. The Morgan fingerprint density at radius 1 is 1.33 bits per heavy atom. The van der Waals surface area contributed by atoms with E-state index in [4.69, 9.17) is 16.3 Å². The van der Waals surface area contributed by atoms with Crippen LogP contribution in [0.5, 0.6) is 0 Å². The predicted molar refractivity (Wildman–Crippen MR) is 77.6 cm³/mol. The van der Waals surface area contributed by atoms with Gasteiger partial charge < -0.3 is 4.74 Å². The lowest BCUT2D eigenvalue weighted by atomic mass is 10.2. The van der Waals surface area contributed by atoms with E-state index in [1.54, 1.807) is 35.1 Å². The highest BCUT2D eigenvalue weighted by Crippen LogP contribution is 2.18. The zero-order chi connectivity index (χ0) is 14.7. The van der Waals surface area contributed by atoms with Gasteiger partial charge in [0.2, 0.25) is 0 Å². The van der Waals surface area contributed by atoms with Gasteiger partial charge in [-0.05, 0) is 30.3 Å². The SMILES string of the molecule is O=C(OCc1nnsc1Cl)c1ccc(-n2cccn2)cc1. The minimum Gasteiger partial charge on any atom is -0.455 e. The van der Waals surface area contributed by atoms with Gasteiger partial charge >= 0.3 is 5.97 Å². The number of carbonyl (C=O) groups excluding carboxylic acids is 1. The molecule has 8 heteroatoms. The Morgan fingerprint density at radius 2 is 2.14 bits per heavy atom. The molecule has 0 saturated heterocycles. The van der Waals surface area contributed by atoms with Crippen LogP contribution in [0.4, 0.5) is 0 Å². The molecule has 0 radical (unpaired) electrons. The monoisotopic (exact) mass is 320 g/mol. The lowest BCUT2D eigenvalue weighted by Crippen LogP contribution is -2.06. The van der Waals surface area contributed by atoms with E-state index < -0.39 is 5.97 Å². The van der Waals surface area contributed by atoms with Crippen LogP contribution in [0.2, 0.25) is 4.34 Å². The number of rotatable bonds is 4. The number of nitrogens with zero attached hydrogens (tertiary/aromatic N) is 4. The molecule has 0 aliphatic carbocycles. The number of benzene rings is 1. The third-order valence-corrected chi connectivity index (χ3v) is 3.71. The third kappa shape index (κ3) is 3.09. The second kappa shape index (κ2) is 6.02. The van der Waals surface area contributed by atoms with Gasteiger partial charge in [-0.3, -0.25) is 0 Å². The van der Waals surface area contributed by atoms with Gasteiger partial charge in [0, 0.05) is 23.9 Å². The van der Waals surface area contributed by atoms with E-state index in [0.29, 0.717) is 15.6 Å². The average molecular weight is 321 g/mol. The molecule has 1 aromatic carbocycles. The molecule has 3 rings (SSSR count). The van der Waals surface area contributed by atoms with Crippen molar-refractivity contribution < 1.29 is 9.53 Å². The van der Waals surface area contributed by atoms with Gasteiger partial charge in [0.25, 0.3) is 0 Å². The molecule has 0 aliphatic rings. The van der Waals surface area contributed by atoms with E-state index in [0.717, 1.165) is 17.2 Å². The lowest BCUT2D eigenvalue weighted by molar-refractivity contribution is 0.0468. The van der Waals surface area contributed by atoms with Crippen molar-refractivity contribution in [2.24, 2.45) is 0 Å². The van der Waals surface area contributed by atoms with Crippen molar-refractivity contribution in [2.75, 3.05) is 0 Å². The molecule has 106 valence electrons. The van der Waals surface area contributed by atoms with Crippen LogP contribution in [0.1, 0.15) is 16.1 Å². The van der Waals surface area contributed by atoms with E-state index in [-0.39, 0.29) is 6.61 Å². The number of ether oxygens (including phenoxy) is 1. The molecule has 6 nitrogen and oxygen atoms in total. The van der Waals surface area contributed by atoms with Crippen LogP contribution < -0.4 is 0 Å². The summed E-state index contributed by atoms with van der Waals surface area (Å²) >= 11 is 6.90. The molecule has 21 heavy (non-hydrogen) atoms. The molecule has 0 fully saturated rings. The molecule has 2 heterocycles. The van der Waals surface area contributed by atoms with Crippen molar-refractivity contribution >= 4 is 29.1 Å². The number of esters is 1. The molecule has 0 amide bonds. The number of hydrogen-bond acceptors (Lipinski definition) is 6. The summed E-state index contributed by atoms with van der Waals surface area (Å²) in [6, 6.07) is 8.77. The maximum Gasteiger partial charge on any atom is 0.338 e. The molecule has 0 aliphatic heterocycles. The minimum atomic E-state index is -0.439. The maximum absolute atomic E-state index is 11.9. The summed E-state index contributed by atoms with van der Waals surface area (Å²) in [6.07, 6.45) is 3.51. The molecule has 0 bridgehead atoms. The highest BCUT2D eigenvalue weighted by atomic mass is 35.5. The maximum atomic E-state index is 11.9. The molecular formula is C13H9ClN4O2S. The Balaban J connectivity index is 1.66. The molecule has 3 aromatic rings. The molecule has 0 atom stereocenters. The average Bonchev–Trinajstić information content (AvgIpc) is 3.17. The normalized spacial score (nSPS) is 10.5. The predicted octanol–water partition coefficient (Wildman–Crippen LogP) is 2.73. The van der Waals surface area contributed by atoms with Crippen LogP contribution in [-0.2, 0) is 11.3 Å². The number of carbonyl (C=O) groups is 1. The fraction of sp³-hybridized carbons (Fsp3) is 0.0769. The Labute approximate surface area is 129 Å². The Bertz CT molecular complexity index is 740. The van der Waals surface area contributed by atoms with Crippen molar-refractivity contribution in [3.63, 3.8) is 0 Å². The van der Waals surface area contributed by atoms with Gasteiger partial charge in [-0.1, -0.05) is 16.1 Å².